The first kappa shape index (κ1) is 12.0. The second-order valence-electron chi connectivity index (χ2n) is 4.42. The van der Waals surface area contributed by atoms with Gasteiger partial charge in [-0.2, -0.15) is 0 Å². The van der Waals surface area contributed by atoms with Gasteiger partial charge in [0.2, 0.25) is 0 Å². The first-order valence-electron chi connectivity index (χ1n) is 6.02. The maximum absolute atomic E-state index is 5.37. The number of rotatable bonds is 3. The van der Waals surface area contributed by atoms with Crippen molar-refractivity contribution in [3.8, 4) is 0 Å². The third kappa shape index (κ3) is 2.39. The van der Waals surface area contributed by atoms with Gasteiger partial charge < -0.3 is 10.3 Å². The highest BCUT2D eigenvalue weighted by molar-refractivity contribution is 7.80. The third-order valence-corrected chi connectivity index (χ3v) is 3.47. The van der Waals surface area contributed by atoms with Crippen molar-refractivity contribution in [3.05, 3.63) is 36.0 Å². The van der Waals surface area contributed by atoms with E-state index in [-0.39, 0.29) is 0 Å². The molecule has 0 amide bonds. The van der Waals surface area contributed by atoms with Crippen LogP contribution in [0.5, 0.6) is 0 Å². The number of allylic oxidation sites excluding steroid dienone is 3. The molecular weight excluding hydrogens is 258 g/mol. The number of aromatic nitrogens is 4. The predicted octanol–water partition coefficient (Wildman–Crippen LogP) is 2.41. The van der Waals surface area contributed by atoms with Crippen LogP contribution < -0.4 is 5.32 Å². The summed E-state index contributed by atoms with van der Waals surface area (Å²) < 4.78 is 0. The standard InChI is InChI=1S/C13H13N5S/c1-8-2-3-10(19)9(4-8)5-14-12-11-13(16-6-15-11)18-7-17-12/h2,4,6-7H,3,5H2,1H3,(H2,14,15,16,17,18). The van der Waals surface area contributed by atoms with Crippen LogP contribution in [0.15, 0.2) is 36.0 Å². The highest BCUT2D eigenvalue weighted by Crippen LogP contribution is 2.18. The van der Waals surface area contributed by atoms with Gasteiger partial charge in [0.05, 0.1) is 6.33 Å². The van der Waals surface area contributed by atoms with Crippen LogP contribution in [0.4, 0.5) is 5.82 Å². The molecule has 5 nitrogen and oxygen atoms in total. The van der Waals surface area contributed by atoms with Crippen LogP contribution in [0.2, 0.25) is 0 Å². The summed E-state index contributed by atoms with van der Waals surface area (Å²) in [5, 5.41) is 3.29. The van der Waals surface area contributed by atoms with Crippen molar-refractivity contribution in [1.29, 1.82) is 0 Å². The minimum Gasteiger partial charge on any atom is -0.364 e. The van der Waals surface area contributed by atoms with Crippen molar-refractivity contribution in [2.45, 2.75) is 13.3 Å². The molecule has 0 fully saturated rings. The van der Waals surface area contributed by atoms with Crippen LogP contribution in [0.25, 0.3) is 11.2 Å². The molecule has 1 aliphatic carbocycles. The van der Waals surface area contributed by atoms with Gasteiger partial charge in [0.25, 0.3) is 0 Å². The van der Waals surface area contributed by atoms with Crippen LogP contribution in [-0.2, 0) is 0 Å². The molecule has 0 saturated heterocycles. The molecule has 96 valence electrons. The van der Waals surface area contributed by atoms with Gasteiger partial charge in [-0.25, -0.2) is 15.0 Å². The molecule has 2 aromatic heterocycles. The van der Waals surface area contributed by atoms with Crippen molar-refractivity contribution >= 4 is 34.1 Å². The van der Waals surface area contributed by atoms with Gasteiger partial charge >= 0.3 is 0 Å². The summed E-state index contributed by atoms with van der Waals surface area (Å²) in [6.45, 7) is 2.74. The Kier molecular flexibility index (Phi) is 3.08. The summed E-state index contributed by atoms with van der Waals surface area (Å²) in [4.78, 5) is 16.4. The summed E-state index contributed by atoms with van der Waals surface area (Å²) >= 11 is 5.37. The summed E-state index contributed by atoms with van der Waals surface area (Å²) in [7, 11) is 0. The van der Waals surface area contributed by atoms with E-state index in [9.17, 15) is 0 Å². The van der Waals surface area contributed by atoms with E-state index in [4.69, 9.17) is 12.2 Å². The normalized spacial score (nSPS) is 15.3. The molecule has 19 heavy (non-hydrogen) atoms. The van der Waals surface area contributed by atoms with Crippen molar-refractivity contribution in [2.75, 3.05) is 11.9 Å². The topological polar surface area (TPSA) is 66.5 Å². The highest BCUT2D eigenvalue weighted by Gasteiger charge is 2.11. The number of aromatic amines is 1. The van der Waals surface area contributed by atoms with Gasteiger partial charge in [-0.15, -0.1) is 0 Å². The van der Waals surface area contributed by atoms with Gasteiger partial charge in [0.15, 0.2) is 11.5 Å². The molecular formula is C13H13N5S. The van der Waals surface area contributed by atoms with Crippen LogP contribution in [0.1, 0.15) is 13.3 Å². The Morgan fingerprint density at radius 1 is 1.37 bits per heavy atom. The van der Waals surface area contributed by atoms with Crippen molar-refractivity contribution in [1.82, 2.24) is 19.9 Å². The van der Waals surface area contributed by atoms with Crippen molar-refractivity contribution in [3.63, 3.8) is 0 Å². The number of nitrogens with one attached hydrogen (secondary N) is 2. The molecule has 0 unspecified atom stereocenters. The summed E-state index contributed by atoms with van der Waals surface area (Å²) in [6, 6.07) is 0. The Morgan fingerprint density at radius 2 is 2.26 bits per heavy atom. The van der Waals surface area contributed by atoms with E-state index in [1.807, 2.05) is 0 Å². The van der Waals surface area contributed by atoms with E-state index in [0.717, 1.165) is 28.2 Å². The second-order valence-corrected chi connectivity index (χ2v) is 4.91. The fraction of sp³-hybridized carbons (Fsp3) is 0.231. The fourth-order valence-corrected chi connectivity index (χ4v) is 2.24. The van der Waals surface area contributed by atoms with Gasteiger partial charge in [0.1, 0.15) is 11.8 Å². The predicted molar refractivity (Wildman–Crippen MR) is 79.2 cm³/mol. The SMILES string of the molecule is CC1=CCC(=S)C(CNc2ncnc3nc[nH]c23)=C1. The lowest BCUT2D eigenvalue weighted by atomic mass is 10.00. The first-order valence-corrected chi connectivity index (χ1v) is 6.43. The number of nitrogens with zero attached hydrogens (tertiary/aromatic N) is 3. The quantitative estimate of drug-likeness (QED) is 0.839. The van der Waals surface area contributed by atoms with Crippen molar-refractivity contribution < 1.29 is 0 Å². The summed E-state index contributed by atoms with van der Waals surface area (Å²) in [5.74, 6) is 0.749. The molecule has 0 aromatic carbocycles. The first-order chi connectivity index (χ1) is 9.24. The van der Waals surface area contributed by atoms with Gasteiger partial charge in [-0.05, 0) is 12.5 Å². The summed E-state index contributed by atoms with van der Waals surface area (Å²) in [5.41, 5.74) is 3.87. The fourth-order valence-electron chi connectivity index (χ4n) is 2.03. The maximum atomic E-state index is 5.37. The molecule has 1 aliphatic rings. The number of hydrogen-bond donors (Lipinski definition) is 2. The lowest BCUT2D eigenvalue weighted by Crippen LogP contribution is -2.14. The van der Waals surface area contributed by atoms with Crippen LogP contribution >= 0.6 is 12.2 Å². The van der Waals surface area contributed by atoms with E-state index in [0.29, 0.717) is 12.2 Å². The van der Waals surface area contributed by atoms with Crippen LogP contribution in [0.3, 0.4) is 0 Å². The maximum Gasteiger partial charge on any atom is 0.182 e. The van der Waals surface area contributed by atoms with E-state index in [1.165, 1.54) is 11.9 Å². The Bertz CT molecular complexity index is 698. The molecule has 0 bridgehead atoms. The molecule has 0 saturated carbocycles. The zero-order chi connectivity index (χ0) is 13.2. The number of H-pyrrole nitrogens is 1. The molecule has 2 N–H and O–H groups in total. The van der Waals surface area contributed by atoms with E-state index < -0.39 is 0 Å². The Hall–Kier alpha value is -2.08. The van der Waals surface area contributed by atoms with E-state index in [1.54, 1.807) is 6.33 Å². The summed E-state index contributed by atoms with van der Waals surface area (Å²) in [6.07, 6.45) is 8.22. The number of thiocarbonyl (C=S) groups is 1. The lowest BCUT2D eigenvalue weighted by molar-refractivity contribution is 1.15. The molecule has 3 rings (SSSR count). The molecule has 2 heterocycles. The van der Waals surface area contributed by atoms with Gasteiger partial charge in [-0.3, -0.25) is 0 Å². The smallest absolute Gasteiger partial charge is 0.182 e. The zero-order valence-electron chi connectivity index (χ0n) is 10.5. The molecule has 2 aromatic rings. The van der Waals surface area contributed by atoms with E-state index >= 15 is 0 Å². The average Bonchev–Trinajstić information content (AvgIpc) is 2.88. The van der Waals surface area contributed by atoms with Crippen LogP contribution in [-0.4, -0.2) is 31.3 Å². The number of fused-ring (bicyclic) bond motifs is 1. The molecule has 6 heteroatoms. The second kappa shape index (κ2) is 4.89. The average molecular weight is 271 g/mol. The Balaban J connectivity index is 1.81. The Labute approximate surface area is 115 Å². The number of hydrogen-bond acceptors (Lipinski definition) is 5. The lowest BCUT2D eigenvalue weighted by Gasteiger charge is -2.14. The zero-order valence-corrected chi connectivity index (χ0v) is 11.3. The number of anilines is 1. The van der Waals surface area contributed by atoms with Gasteiger partial charge in [-0.1, -0.05) is 29.9 Å². The van der Waals surface area contributed by atoms with Crippen molar-refractivity contribution in [2.24, 2.45) is 0 Å². The Morgan fingerprint density at radius 3 is 3.16 bits per heavy atom. The highest BCUT2D eigenvalue weighted by atomic mass is 32.1. The molecule has 0 radical (unpaired) electrons. The molecule has 0 atom stereocenters. The molecule has 0 aliphatic heterocycles. The monoisotopic (exact) mass is 271 g/mol. The largest absolute Gasteiger partial charge is 0.364 e. The van der Waals surface area contributed by atoms with Gasteiger partial charge in [0, 0.05) is 17.8 Å². The number of imidazole rings is 1. The van der Waals surface area contributed by atoms with E-state index in [2.05, 4.69) is 44.3 Å². The molecule has 0 spiro atoms. The minimum absolute atomic E-state index is 0.661. The third-order valence-electron chi connectivity index (χ3n) is 3.04. The minimum atomic E-state index is 0.661. The van der Waals surface area contributed by atoms with Crippen LogP contribution in [0, 0.1) is 0 Å².